The summed E-state index contributed by atoms with van der Waals surface area (Å²) in [5.41, 5.74) is 0. The summed E-state index contributed by atoms with van der Waals surface area (Å²) >= 11 is 0. The lowest BCUT2D eigenvalue weighted by molar-refractivity contribution is 0.256. The van der Waals surface area contributed by atoms with Crippen molar-refractivity contribution in [3.8, 4) is 0 Å². The van der Waals surface area contributed by atoms with E-state index >= 15 is 0 Å². The number of fused-ring (bicyclic) bond motifs is 1. The highest BCUT2D eigenvalue weighted by atomic mass is 14.3. The second kappa shape index (κ2) is 3.81. The van der Waals surface area contributed by atoms with E-state index in [1.54, 1.807) is 25.7 Å². The topological polar surface area (TPSA) is 0 Å². The Balaban J connectivity index is 1.94. The van der Waals surface area contributed by atoms with Gasteiger partial charge in [-0.25, -0.2) is 0 Å². The van der Waals surface area contributed by atoms with Gasteiger partial charge in [0.15, 0.2) is 0 Å². The highest BCUT2D eigenvalue weighted by Crippen LogP contribution is 2.41. The Morgan fingerprint density at radius 3 is 2.33 bits per heavy atom. The van der Waals surface area contributed by atoms with Crippen LogP contribution in [0.3, 0.4) is 0 Å². The summed E-state index contributed by atoms with van der Waals surface area (Å²) in [6, 6.07) is 0. The third kappa shape index (κ3) is 1.84. The van der Waals surface area contributed by atoms with Gasteiger partial charge < -0.3 is 0 Å². The van der Waals surface area contributed by atoms with Gasteiger partial charge in [0.05, 0.1) is 0 Å². The molecule has 0 nitrogen and oxygen atoms in total. The molecule has 3 atom stereocenters. The van der Waals surface area contributed by atoms with Crippen molar-refractivity contribution < 1.29 is 0 Å². The third-order valence-corrected chi connectivity index (χ3v) is 4.04. The number of rotatable bonds is 0. The minimum Gasteiger partial charge on any atom is -0.0625 e. The first-order valence-corrected chi connectivity index (χ1v) is 5.86. The fourth-order valence-corrected chi connectivity index (χ4v) is 3.34. The van der Waals surface area contributed by atoms with Crippen LogP contribution in [0, 0.1) is 17.8 Å². The smallest absolute Gasteiger partial charge is 0.0383 e. The maximum Gasteiger partial charge on any atom is -0.0383 e. The van der Waals surface area contributed by atoms with Gasteiger partial charge >= 0.3 is 0 Å². The zero-order valence-corrected chi connectivity index (χ0v) is 8.39. The van der Waals surface area contributed by atoms with Crippen LogP contribution in [-0.4, -0.2) is 0 Å². The SMILES string of the molecule is CC1CCCCC2CCCC2C1. The second-order valence-electron chi connectivity index (χ2n) is 5.08. The van der Waals surface area contributed by atoms with Crippen LogP contribution in [0.15, 0.2) is 0 Å². The van der Waals surface area contributed by atoms with E-state index in [4.69, 9.17) is 0 Å². The van der Waals surface area contributed by atoms with Gasteiger partial charge in [0.1, 0.15) is 0 Å². The molecule has 0 radical (unpaired) electrons. The highest BCUT2D eigenvalue weighted by molar-refractivity contribution is 4.80. The first-order chi connectivity index (χ1) is 5.86. The number of hydrogen-bond donors (Lipinski definition) is 0. The molecule has 2 aliphatic carbocycles. The molecule has 12 heavy (non-hydrogen) atoms. The molecule has 0 heteroatoms. The van der Waals surface area contributed by atoms with E-state index in [-0.39, 0.29) is 0 Å². The van der Waals surface area contributed by atoms with E-state index in [9.17, 15) is 0 Å². The molecule has 0 aromatic heterocycles. The average molecular weight is 166 g/mol. The third-order valence-electron chi connectivity index (χ3n) is 4.04. The highest BCUT2D eigenvalue weighted by Gasteiger charge is 2.29. The first-order valence-electron chi connectivity index (χ1n) is 5.86. The van der Waals surface area contributed by atoms with Crippen LogP contribution < -0.4 is 0 Å². The van der Waals surface area contributed by atoms with Crippen molar-refractivity contribution in [1.29, 1.82) is 0 Å². The van der Waals surface area contributed by atoms with Gasteiger partial charge in [-0.1, -0.05) is 51.9 Å². The summed E-state index contributed by atoms with van der Waals surface area (Å²) in [6.07, 6.45) is 12.3. The minimum atomic E-state index is 1.02. The van der Waals surface area contributed by atoms with Crippen LogP contribution in [0.2, 0.25) is 0 Å². The van der Waals surface area contributed by atoms with Crippen molar-refractivity contribution in [3.05, 3.63) is 0 Å². The Hall–Kier alpha value is 0. The molecule has 0 aromatic rings. The Morgan fingerprint density at radius 1 is 0.750 bits per heavy atom. The minimum absolute atomic E-state index is 1.02. The lowest BCUT2D eigenvalue weighted by atomic mass is 9.80. The van der Waals surface area contributed by atoms with Crippen molar-refractivity contribution >= 4 is 0 Å². The van der Waals surface area contributed by atoms with E-state index in [1.807, 2.05) is 0 Å². The molecule has 0 heterocycles. The maximum atomic E-state index is 2.46. The molecule has 2 fully saturated rings. The summed E-state index contributed by atoms with van der Waals surface area (Å²) in [5, 5.41) is 0. The molecule has 0 aliphatic heterocycles. The quantitative estimate of drug-likeness (QED) is 0.510. The van der Waals surface area contributed by atoms with Gasteiger partial charge in [-0.05, 0) is 24.2 Å². The Kier molecular flexibility index (Phi) is 2.73. The number of hydrogen-bond acceptors (Lipinski definition) is 0. The molecule has 2 aliphatic rings. The van der Waals surface area contributed by atoms with E-state index in [2.05, 4.69) is 6.92 Å². The van der Waals surface area contributed by atoms with Gasteiger partial charge in [-0.2, -0.15) is 0 Å². The molecule has 0 amide bonds. The summed E-state index contributed by atoms with van der Waals surface area (Å²) in [4.78, 5) is 0. The largest absolute Gasteiger partial charge is 0.0625 e. The van der Waals surface area contributed by atoms with Crippen molar-refractivity contribution in [3.63, 3.8) is 0 Å². The molecule has 0 bridgehead atoms. The van der Waals surface area contributed by atoms with Crippen molar-refractivity contribution in [2.75, 3.05) is 0 Å². The zero-order valence-electron chi connectivity index (χ0n) is 8.39. The van der Waals surface area contributed by atoms with E-state index in [1.165, 1.54) is 25.7 Å². The molecule has 0 N–H and O–H groups in total. The Bertz CT molecular complexity index is 139. The van der Waals surface area contributed by atoms with Crippen molar-refractivity contribution in [2.24, 2.45) is 17.8 Å². The van der Waals surface area contributed by atoms with Crippen LogP contribution in [-0.2, 0) is 0 Å². The van der Waals surface area contributed by atoms with Crippen LogP contribution in [0.5, 0.6) is 0 Å². The summed E-state index contributed by atoms with van der Waals surface area (Å²) in [7, 11) is 0. The fourth-order valence-electron chi connectivity index (χ4n) is 3.34. The van der Waals surface area contributed by atoms with Crippen molar-refractivity contribution in [2.45, 2.75) is 58.3 Å². The van der Waals surface area contributed by atoms with Gasteiger partial charge in [0, 0.05) is 0 Å². The van der Waals surface area contributed by atoms with Gasteiger partial charge in [0.2, 0.25) is 0 Å². The molecular weight excluding hydrogens is 144 g/mol. The lowest BCUT2D eigenvalue weighted by Crippen LogP contribution is -2.14. The predicted molar refractivity (Wildman–Crippen MR) is 53.1 cm³/mol. The summed E-state index contributed by atoms with van der Waals surface area (Å²) in [6.45, 7) is 2.46. The molecule has 0 spiro atoms. The first kappa shape index (κ1) is 8.59. The van der Waals surface area contributed by atoms with Crippen molar-refractivity contribution in [1.82, 2.24) is 0 Å². The van der Waals surface area contributed by atoms with E-state index in [0.29, 0.717) is 0 Å². The van der Waals surface area contributed by atoms with E-state index in [0.717, 1.165) is 17.8 Å². The van der Waals surface area contributed by atoms with Gasteiger partial charge in [0.25, 0.3) is 0 Å². The monoisotopic (exact) mass is 166 g/mol. The molecule has 0 saturated heterocycles. The van der Waals surface area contributed by atoms with E-state index < -0.39 is 0 Å². The zero-order chi connectivity index (χ0) is 8.39. The molecule has 70 valence electrons. The Labute approximate surface area is 76.7 Å². The fraction of sp³-hybridized carbons (Fsp3) is 1.00. The van der Waals surface area contributed by atoms with Gasteiger partial charge in [-0.15, -0.1) is 0 Å². The standard InChI is InChI=1S/C12H22/c1-10-5-2-3-6-11-7-4-8-12(11)9-10/h10-12H,2-9H2,1H3. The lowest BCUT2D eigenvalue weighted by Gasteiger charge is -2.26. The molecule has 0 aromatic carbocycles. The summed E-state index contributed by atoms with van der Waals surface area (Å²) in [5.74, 6) is 3.28. The van der Waals surface area contributed by atoms with Crippen LogP contribution in [0.4, 0.5) is 0 Å². The molecule has 3 unspecified atom stereocenters. The summed E-state index contributed by atoms with van der Waals surface area (Å²) < 4.78 is 0. The maximum absolute atomic E-state index is 2.46. The average Bonchev–Trinajstić information content (AvgIpc) is 2.42. The van der Waals surface area contributed by atoms with Crippen LogP contribution >= 0.6 is 0 Å². The second-order valence-corrected chi connectivity index (χ2v) is 5.08. The van der Waals surface area contributed by atoms with Crippen LogP contribution in [0.1, 0.15) is 58.3 Å². The molecule has 2 saturated carbocycles. The molecular formula is C12H22. The van der Waals surface area contributed by atoms with Gasteiger partial charge in [-0.3, -0.25) is 0 Å². The molecule has 2 rings (SSSR count). The predicted octanol–water partition coefficient (Wildman–Crippen LogP) is 4.00. The Morgan fingerprint density at radius 2 is 1.42 bits per heavy atom. The normalized spacial score (nSPS) is 43.2. The van der Waals surface area contributed by atoms with Crippen LogP contribution in [0.25, 0.3) is 0 Å².